The molecule has 0 aromatic heterocycles. The molecule has 0 aliphatic heterocycles. The summed E-state index contributed by atoms with van der Waals surface area (Å²) in [5.74, 6) is -0.186. The minimum absolute atomic E-state index is 0.186. The summed E-state index contributed by atoms with van der Waals surface area (Å²) in [6, 6.07) is 11.0. The van der Waals surface area contributed by atoms with Gasteiger partial charge < -0.3 is 18.5 Å². The van der Waals surface area contributed by atoms with Crippen LogP contribution >= 0.6 is 0 Å². The van der Waals surface area contributed by atoms with Gasteiger partial charge in [0, 0.05) is 33.0 Å². The van der Waals surface area contributed by atoms with Crippen molar-refractivity contribution in [1.82, 2.24) is 0 Å². The maximum atomic E-state index is 11.4. The maximum Gasteiger partial charge on any atom is 0.334 e. The number of hydrogen-bond acceptors (Lipinski definition) is 5. The third kappa shape index (κ3) is 6.17. The summed E-state index contributed by atoms with van der Waals surface area (Å²) in [4.78, 5) is 13.6. The van der Waals surface area contributed by atoms with Gasteiger partial charge in [0.05, 0.1) is 13.5 Å². The van der Waals surface area contributed by atoms with Crippen LogP contribution in [0.15, 0.2) is 30.3 Å². The lowest BCUT2D eigenvalue weighted by molar-refractivity contribution is -0.140. The molecule has 0 saturated heterocycles. The predicted molar refractivity (Wildman–Crippen MR) is 90.3 cm³/mol. The second kappa shape index (κ2) is 9.60. The molecule has 0 saturated carbocycles. The smallest absolute Gasteiger partial charge is 0.334 e. The number of carbonyl (C=O) groups excluding carboxylic acids is 1. The van der Waals surface area contributed by atoms with Crippen molar-refractivity contribution in [2.24, 2.45) is 0 Å². The molecule has 1 aromatic carbocycles. The van der Waals surface area contributed by atoms with E-state index in [0.717, 1.165) is 24.7 Å². The molecule has 0 bridgehead atoms. The summed E-state index contributed by atoms with van der Waals surface area (Å²) in [5.41, 5.74) is 1.12. The zero-order chi connectivity index (χ0) is 16.4. The number of rotatable bonds is 10. The highest BCUT2D eigenvalue weighted by atomic mass is 28.4. The van der Waals surface area contributed by atoms with Crippen LogP contribution in [0.25, 0.3) is 0 Å². The largest absolute Gasteiger partial charge is 0.469 e. The van der Waals surface area contributed by atoms with Crippen LogP contribution in [0.2, 0.25) is 12.6 Å². The van der Waals surface area contributed by atoms with Crippen molar-refractivity contribution >= 4 is 20.2 Å². The summed E-state index contributed by atoms with van der Waals surface area (Å²) < 4.78 is 15.8. The van der Waals surface area contributed by atoms with E-state index >= 15 is 0 Å². The minimum atomic E-state index is -2.04. The van der Waals surface area contributed by atoms with Crippen LogP contribution in [0.5, 0.6) is 0 Å². The molecule has 0 amide bonds. The lowest BCUT2D eigenvalue weighted by Gasteiger charge is -2.27. The average molecular weight is 325 g/mol. The number of esters is 1. The molecule has 0 unspecified atom stereocenters. The van der Waals surface area contributed by atoms with Crippen molar-refractivity contribution < 1.29 is 18.4 Å². The Kier molecular flexibility index (Phi) is 8.15. The van der Waals surface area contributed by atoms with Crippen LogP contribution in [-0.2, 0) is 18.4 Å². The third-order valence-electron chi connectivity index (χ3n) is 3.86. The number of carbonyl (C=O) groups is 1. The molecular formula is C16H27NO4Si. The average Bonchev–Trinajstić information content (AvgIpc) is 2.58. The van der Waals surface area contributed by atoms with Crippen molar-refractivity contribution in [3.05, 3.63) is 30.3 Å². The number of methoxy groups -OCH3 is 1. The molecule has 22 heavy (non-hydrogen) atoms. The van der Waals surface area contributed by atoms with E-state index in [1.165, 1.54) is 7.11 Å². The Morgan fingerprint density at radius 1 is 1.09 bits per heavy atom. The number of benzene rings is 1. The second-order valence-electron chi connectivity index (χ2n) is 5.29. The Hall–Kier alpha value is -1.37. The van der Waals surface area contributed by atoms with E-state index in [-0.39, 0.29) is 5.97 Å². The maximum absolute atomic E-state index is 11.4. The molecular weight excluding hydrogens is 298 g/mol. The quantitative estimate of drug-likeness (QED) is 0.489. The van der Waals surface area contributed by atoms with Crippen molar-refractivity contribution in [2.45, 2.75) is 25.4 Å². The van der Waals surface area contributed by atoms with Gasteiger partial charge in [-0.05, 0) is 31.1 Å². The van der Waals surface area contributed by atoms with E-state index < -0.39 is 8.56 Å². The molecule has 0 spiro atoms. The lowest BCUT2D eigenvalue weighted by Crippen LogP contribution is -2.37. The van der Waals surface area contributed by atoms with Gasteiger partial charge in [-0.1, -0.05) is 18.2 Å². The number of nitrogens with zero attached hydrogens (tertiary/aromatic N) is 1. The Bertz CT molecular complexity index is 437. The van der Waals surface area contributed by atoms with E-state index in [1.807, 2.05) is 18.2 Å². The first-order valence-corrected chi connectivity index (χ1v) is 10.0. The zero-order valence-electron chi connectivity index (χ0n) is 14.0. The van der Waals surface area contributed by atoms with E-state index in [9.17, 15) is 4.79 Å². The molecule has 1 aromatic rings. The van der Waals surface area contributed by atoms with E-state index in [2.05, 4.69) is 23.6 Å². The number of para-hydroxylation sites is 1. The molecule has 6 heteroatoms. The monoisotopic (exact) mass is 325 g/mol. The van der Waals surface area contributed by atoms with Crippen LogP contribution < -0.4 is 4.90 Å². The summed E-state index contributed by atoms with van der Waals surface area (Å²) in [7, 11) is 2.81. The van der Waals surface area contributed by atoms with Crippen LogP contribution in [-0.4, -0.2) is 48.9 Å². The van der Waals surface area contributed by atoms with Gasteiger partial charge in [-0.2, -0.15) is 0 Å². The molecule has 0 heterocycles. The first kappa shape index (κ1) is 18.7. The molecule has 0 radical (unpaired) electrons. The van der Waals surface area contributed by atoms with Gasteiger partial charge in [-0.25, -0.2) is 0 Å². The van der Waals surface area contributed by atoms with E-state index in [4.69, 9.17) is 13.6 Å². The highest BCUT2D eigenvalue weighted by Gasteiger charge is 2.28. The number of ether oxygens (including phenoxy) is 1. The van der Waals surface area contributed by atoms with Gasteiger partial charge >= 0.3 is 14.5 Å². The van der Waals surface area contributed by atoms with Crippen LogP contribution in [0.4, 0.5) is 5.69 Å². The summed E-state index contributed by atoms with van der Waals surface area (Å²) in [5, 5.41) is 0. The third-order valence-corrected chi connectivity index (χ3v) is 6.85. The topological polar surface area (TPSA) is 48.0 Å². The standard InChI is InChI=1S/C16H27NO4Si/c1-19-16(18)11-13-17(15-9-6-5-7-10-15)12-8-14-22(4,20-2)21-3/h5-7,9-10H,8,11-14H2,1-4H3. The molecule has 1 rings (SSSR count). The van der Waals surface area contributed by atoms with Gasteiger partial charge in [0.1, 0.15) is 0 Å². The number of hydrogen-bond donors (Lipinski definition) is 0. The Labute approximate surface area is 134 Å². The Balaban J connectivity index is 2.61. The van der Waals surface area contributed by atoms with Gasteiger partial charge in [0.2, 0.25) is 0 Å². The zero-order valence-corrected chi connectivity index (χ0v) is 15.0. The van der Waals surface area contributed by atoms with Crippen molar-refractivity contribution in [3.63, 3.8) is 0 Å². The summed E-state index contributed by atoms with van der Waals surface area (Å²) >= 11 is 0. The number of anilines is 1. The van der Waals surface area contributed by atoms with Gasteiger partial charge in [0.15, 0.2) is 0 Å². The minimum Gasteiger partial charge on any atom is -0.469 e. The van der Waals surface area contributed by atoms with E-state index in [1.54, 1.807) is 14.2 Å². The van der Waals surface area contributed by atoms with Crippen LogP contribution in [0.1, 0.15) is 12.8 Å². The van der Waals surface area contributed by atoms with Crippen molar-refractivity contribution in [1.29, 1.82) is 0 Å². The molecule has 0 fully saturated rings. The summed E-state index contributed by atoms with van der Waals surface area (Å²) in [6.45, 7) is 3.57. The van der Waals surface area contributed by atoms with Gasteiger partial charge in [-0.3, -0.25) is 4.79 Å². The fourth-order valence-electron chi connectivity index (χ4n) is 2.22. The van der Waals surface area contributed by atoms with Gasteiger partial charge in [0.25, 0.3) is 0 Å². The highest BCUT2D eigenvalue weighted by Crippen LogP contribution is 2.18. The Morgan fingerprint density at radius 3 is 2.27 bits per heavy atom. The summed E-state index contributed by atoms with van der Waals surface area (Å²) in [6.07, 6.45) is 1.34. The van der Waals surface area contributed by atoms with Gasteiger partial charge in [-0.15, -0.1) is 0 Å². The lowest BCUT2D eigenvalue weighted by atomic mass is 10.2. The SMILES string of the molecule is COC(=O)CCN(CCC[Si](C)(OC)OC)c1ccccc1. The molecule has 5 nitrogen and oxygen atoms in total. The van der Waals surface area contributed by atoms with Crippen molar-refractivity contribution in [2.75, 3.05) is 39.3 Å². The Morgan fingerprint density at radius 2 is 1.73 bits per heavy atom. The normalized spacial score (nSPS) is 11.3. The highest BCUT2D eigenvalue weighted by molar-refractivity contribution is 6.65. The first-order chi connectivity index (χ1) is 10.5. The predicted octanol–water partition coefficient (Wildman–Crippen LogP) is 2.81. The molecule has 0 atom stereocenters. The second-order valence-corrected chi connectivity index (χ2v) is 8.88. The molecule has 0 N–H and O–H groups in total. The van der Waals surface area contributed by atoms with Crippen molar-refractivity contribution in [3.8, 4) is 0 Å². The first-order valence-electron chi connectivity index (χ1n) is 7.52. The van der Waals surface area contributed by atoms with Crippen LogP contribution in [0, 0.1) is 0 Å². The van der Waals surface area contributed by atoms with E-state index in [0.29, 0.717) is 13.0 Å². The fourth-order valence-corrected chi connectivity index (χ4v) is 3.59. The molecule has 124 valence electrons. The fraction of sp³-hybridized carbons (Fsp3) is 0.562. The molecule has 0 aliphatic carbocycles. The van der Waals surface area contributed by atoms with Crippen LogP contribution in [0.3, 0.4) is 0 Å². The molecule has 0 aliphatic rings.